The predicted molar refractivity (Wildman–Crippen MR) is 105 cm³/mol. The summed E-state index contributed by atoms with van der Waals surface area (Å²) in [6.07, 6.45) is 1.91. The zero-order valence-corrected chi connectivity index (χ0v) is 16.4. The molecule has 1 aliphatic heterocycles. The maximum Gasteiger partial charge on any atom is 0.264 e. The fraction of sp³-hybridized carbons (Fsp3) is 0.350. The third-order valence-corrected chi connectivity index (χ3v) is 6.48. The molecule has 1 amide bonds. The van der Waals surface area contributed by atoms with E-state index in [1.165, 1.54) is 11.4 Å². The minimum absolute atomic E-state index is 0.158. The number of amides is 1. The van der Waals surface area contributed by atoms with Crippen molar-refractivity contribution in [3.63, 3.8) is 0 Å². The van der Waals surface area contributed by atoms with E-state index in [1.54, 1.807) is 53.4 Å². The molecule has 2 aromatic carbocycles. The molecule has 0 aromatic heterocycles. The van der Waals surface area contributed by atoms with E-state index < -0.39 is 10.0 Å². The summed E-state index contributed by atoms with van der Waals surface area (Å²) in [5, 5.41) is 0. The molecule has 1 fully saturated rings. The summed E-state index contributed by atoms with van der Waals surface area (Å²) < 4.78 is 33.0. The van der Waals surface area contributed by atoms with Crippen molar-refractivity contribution in [3.05, 3.63) is 54.1 Å². The molecule has 0 N–H and O–H groups in total. The van der Waals surface area contributed by atoms with Crippen LogP contribution in [0.1, 0.15) is 18.4 Å². The number of nitrogens with zero attached hydrogens (tertiary/aromatic N) is 2. The van der Waals surface area contributed by atoms with Crippen LogP contribution in [-0.2, 0) is 14.8 Å². The Morgan fingerprint density at radius 1 is 1.11 bits per heavy atom. The molecule has 1 aliphatic rings. The average Bonchev–Trinajstić information content (AvgIpc) is 3.21. The molecule has 144 valence electrons. The monoisotopic (exact) mass is 388 g/mol. The highest BCUT2D eigenvalue weighted by atomic mass is 32.2. The van der Waals surface area contributed by atoms with E-state index in [0.717, 1.165) is 18.4 Å². The molecule has 0 spiro atoms. The summed E-state index contributed by atoms with van der Waals surface area (Å²) >= 11 is 0. The summed E-state index contributed by atoms with van der Waals surface area (Å²) in [7, 11) is -2.37. The minimum atomic E-state index is -3.89. The molecule has 0 saturated carbocycles. The molecule has 0 aliphatic carbocycles. The largest absolute Gasteiger partial charge is 0.497 e. The van der Waals surface area contributed by atoms with E-state index in [4.69, 9.17) is 4.74 Å². The molecule has 7 heteroatoms. The third-order valence-electron chi connectivity index (χ3n) is 4.69. The van der Waals surface area contributed by atoms with Crippen LogP contribution in [0.15, 0.2) is 53.4 Å². The predicted octanol–water partition coefficient (Wildman–Crippen LogP) is 2.82. The lowest BCUT2D eigenvalue weighted by Crippen LogP contribution is -2.42. The summed E-state index contributed by atoms with van der Waals surface area (Å²) in [5.41, 5.74) is 1.37. The Kier molecular flexibility index (Phi) is 5.70. The van der Waals surface area contributed by atoms with Crippen LogP contribution in [0.4, 0.5) is 5.69 Å². The van der Waals surface area contributed by atoms with Gasteiger partial charge < -0.3 is 9.64 Å². The molecular formula is C20H24N2O4S. The van der Waals surface area contributed by atoms with E-state index in [1.807, 2.05) is 6.92 Å². The van der Waals surface area contributed by atoms with Crippen molar-refractivity contribution in [2.75, 3.05) is 31.0 Å². The SMILES string of the molecule is COc1cccc(N(CC(=O)N2CCCC2)S(=O)(=O)c2ccc(C)cc2)c1. The number of hydrogen-bond donors (Lipinski definition) is 0. The fourth-order valence-corrected chi connectivity index (χ4v) is 4.51. The Balaban J connectivity index is 2.00. The average molecular weight is 388 g/mol. The second kappa shape index (κ2) is 8.00. The first-order chi connectivity index (χ1) is 12.9. The van der Waals surface area contributed by atoms with Gasteiger partial charge in [0.1, 0.15) is 12.3 Å². The van der Waals surface area contributed by atoms with Gasteiger partial charge in [-0.3, -0.25) is 9.10 Å². The maximum absolute atomic E-state index is 13.3. The number of anilines is 1. The number of methoxy groups -OCH3 is 1. The van der Waals surface area contributed by atoms with Crippen LogP contribution in [0.3, 0.4) is 0 Å². The summed E-state index contributed by atoms with van der Waals surface area (Å²) in [6, 6.07) is 13.4. The second-order valence-electron chi connectivity index (χ2n) is 6.61. The maximum atomic E-state index is 13.3. The highest BCUT2D eigenvalue weighted by Gasteiger charge is 2.30. The zero-order valence-electron chi connectivity index (χ0n) is 15.6. The van der Waals surface area contributed by atoms with Crippen LogP contribution in [0.5, 0.6) is 5.75 Å². The first kappa shape index (κ1) is 19.2. The minimum Gasteiger partial charge on any atom is -0.497 e. The Labute approximate surface area is 160 Å². The number of sulfonamides is 1. The second-order valence-corrected chi connectivity index (χ2v) is 8.48. The van der Waals surface area contributed by atoms with E-state index in [9.17, 15) is 13.2 Å². The Morgan fingerprint density at radius 3 is 2.41 bits per heavy atom. The molecule has 0 radical (unpaired) electrons. The van der Waals surface area contributed by atoms with Gasteiger partial charge in [-0.05, 0) is 44.0 Å². The smallest absolute Gasteiger partial charge is 0.264 e. The van der Waals surface area contributed by atoms with Crippen molar-refractivity contribution in [1.82, 2.24) is 4.90 Å². The molecule has 0 bridgehead atoms. The van der Waals surface area contributed by atoms with E-state index in [0.29, 0.717) is 24.5 Å². The number of likely N-dealkylation sites (tertiary alicyclic amines) is 1. The van der Waals surface area contributed by atoms with Gasteiger partial charge in [-0.2, -0.15) is 0 Å². The summed E-state index contributed by atoms with van der Waals surface area (Å²) in [6.45, 7) is 3.02. The van der Waals surface area contributed by atoms with Crippen molar-refractivity contribution >= 4 is 21.6 Å². The molecular weight excluding hydrogens is 364 g/mol. The van der Waals surface area contributed by atoms with Gasteiger partial charge in [0.05, 0.1) is 17.7 Å². The topological polar surface area (TPSA) is 66.9 Å². The lowest BCUT2D eigenvalue weighted by Gasteiger charge is -2.26. The zero-order chi connectivity index (χ0) is 19.4. The number of ether oxygens (including phenoxy) is 1. The summed E-state index contributed by atoms with van der Waals surface area (Å²) in [4.78, 5) is 14.6. The number of hydrogen-bond acceptors (Lipinski definition) is 4. The van der Waals surface area contributed by atoms with Crippen molar-refractivity contribution in [2.45, 2.75) is 24.7 Å². The fourth-order valence-electron chi connectivity index (χ4n) is 3.11. The Hall–Kier alpha value is -2.54. The number of carbonyl (C=O) groups excluding carboxylic acids is 1. The van der Waals surface area contributed by atoms with Gasteiger partial charge in [0.25, 0.3) is 10.0 Å². The molecule has 0 atom stereocenters. The van der Waals surface area contributed by atoms with Crippen LogP contribution in [-0.4, -0.2) is 46.0 Å². The van der Waals surface area contributed by atoms with Gasteiger partial charge in [0.15, 0.2) is 0 Å². The number of benzene rings is 2. The third kappa shape index (κ3) is 4.24. The van der Waals surface area contributed by atoms with Crippen LogP contribution in [0, 0.1) is 6.92 Å². The number of carbonyl (C=O) groups is 1. The first-order valence-corrected chi connectivity index (χ1v) is 10.4. The normalized spacial score (nSPS) is 14.2. The highest BCUT2D eigenvalue weighted by molar-refractivity contribution is 7.92. The molecule has 1 saturated heterocycles. The van der Waals surface area contributed by atoms with Crippen LogP contribution < -0.4 is 9.04 Å². The molecule has 0 unspecified atom stereocenters. The van der Waals surface area contributed by atoms with Gasteiger partial charge in [-0.1, -0.05) is 23.8 Å². The van der Waals surface area contributed by atoms with E-state index in [-0.39, 0.29) is 17.3 Å². The number of aryl methyl sites for hydroxylation is 1. The Morgan fingerprint density at radius 2 is 1.78 bits per heavy atom. The Bertz CT molecular complexity index is 904. The lowest BCUT2D eigenvalue weighted by atomic mass is 10.2. The van der Waals surface area contributed by atoms with E-state index in [2.05, 4.69) is 0 Å². The highest BCUT2D eigenvalue weighted by Crippen LogP contribution is 2.27. The van der Waals surface area contributed by atoms with Gasteiger partial charge in [-0.15, -0.1) is 0 Å². The molecule has 6 nitrogen and oxygen atoms in total. The molecule has 3 rings (SSSR count). The lowest BCUT2D eigenvalue weighted by molar-refractivity contribution is -0.128. The standard InChI is InChI=1S/C20H24N2O4S/c1-16-8-10-19(11-9-16)27(24,25)22(15-20(23)21-12-3-4-13-21)17-6-5-7-18(14-17)26-2/h5-11,14H,3-4,12-13,15H2,1-2H3. The summed E-state index contributed by atoms with van der Waals surface area (Å²) in [5.74, 6) is 0.344. The molecule has 1 heterocycles. The van der Waals surface area contributed by atoms with Crippen molar-refractivity contribution < 1.29 is 17.9 Å². The van der Waals surface area contributed by atoms with Crippen LogP contribution in [0.2, 0.25) is 0 Å². The van der Waals surface area contributed by atoms with E-state index >= 15 is 0 Å². The van der Waals surface area contributed by atoms with Crippen LogP contribution >= 0.6 is 0 Å². The van der Waals surface area contributed by atoms with Crippen molar-refractivity contribution in [3.8, 4) is 5.75 Å². The van der Waals surface area contributed by atoms with Gasteiger partial charge in [0, 0.05) is 19.2 Å². The van der Waals surface area contributed by atoms with Crippen LogP contribution in [0.25, 0.3) is 0 Å². The quantitative estimate of drug-likeness (QED) is 0.763. The first-order valence-electron chi connectivity index (χ1n) is 8.93. The van der Waals surface area contributed by atoms with Gasteiger partial charge in [0.2, 0.25) is 5.91 Å². The van der Waals surface area contributed by atoms with Crippen molar-refractivity contribution in [2.24, 2.45) is 0 Å². The van der Waals surface area contributed by atoms with Gasteiger partial charge >= 0.3 is 0 Å². The van der Waals surface area contributed by atoms with Crippen molar-refractivity contribution in [1.29, 1.82) is 0 Å². The molecule has 27 heavy (non-hydrogen) atoms. The molecule has 2 aromatic rings. The van der Waals surface area contributed by atoms with Gasteiger partial charge in [-0.25, -0.2) is 8.42 Å². The number of rotatable bonds is 6.